The summed E-state index contributed by atoms with van der Waals surface area (Å²) in [5, 5.41) is 5.95. The third-order valence-corrected chi connectivity index (χ3v) is 20.4. The third-order valence-electron chi connectivity index (χ3n) is 19.2. The fraction of sp³-hybridized carbons (Fsp3) is 0.244. The molecule has 0 N–H and O–H groups in total. The minimum atomic E-state index is -0.199. The molecule has 4 nitrogen and oxygen atoms in total. The molecule has 0 atom stereocenters. The van der Waals surface area contributed by atoms with Crippen molar-refractivity contribution in [3.05, 3.63) is 228 Å². The summed E-state index contributed by atoms with van der Waals surface area (Å²) in [7, 11) is 0. The molecule has 2 aliphatic rings. The Bertz CT molecular complexity index is 4940. The fourth-order valence-electron chi connectivity index (χ4n) is 14.2. The van der Waals surface area contributed by atoms with Gasteiger partial charge in [0.25, 0.3) is 6.71 Å². The second-order valence-corrected chi connectivity index (χ2v) is 31.3. The van der Waals surface area contributed by atoms with Crippen LogP contribution in [0.1, 0.15) is 132 Å². The SMILES string of the molecule is CC(C)(C)c1ccc(-c2cc(C(C)(C)C)ccc2N2c3cc4c(oc5ccccc54)c4c3B(c3cc(-n5c6ccccc6c6ccccc65)ccc3N4c3ccc(C(C)(C)C)cc3-c3ccc(C(C)(C)C)cc3)c3sc4ccc(C(C)(C)C)cc4c32)cc1. The van der Waals surface area contributed by atoms with E-state index in [-0.39, 0.29) is 33.8 Å². The second kappa shape index (κ2) is 19.5. The van der Waals surface area contributed by atoms with E-state index in [4.69, 9.17) is 4.42 Å². The molecule has 436 valence electrons. The molecule has 0 saturated heterocycles. The first-order valence-corrected chi connectivity index (χ1v) is 32.4. The largest absolute Gasteiger partial charge is 0.454 e. The van der Waals surface area contributed by atoms with Crippen LogP contribution in [0.15, 0.2) is 205 Å². The maximum Gasteiger partial charge on any atom is 0.264 e. The highest BCUT2D eigenvalue weighted by Crippen LogP contribution is 2.55. The van der Waals surface area contributed by atoms with Crippen molar-refractivity contribution < 1.29 is 4.42 Å². The quantitative estimate of drug-likeness (QED) is 0.161. The molecule has 15 rings (SSSR count). The average molecular weight is 1160 g/mol. The Morgan fingerprint density at radius 3 is 1.35 bits per heavy atom. The molecule has 0 fully saturated rings. The van der Waals surface area contributed by atoms with E-state index in [1.807, 2.05) is 11.3 Å². The second-order valence-electron chi connectivity index (χ2n) is 30.2. The van der Waals surface area contributed by atoms with Crippen molar-refractivity contribution in [3.63, 3.8) is 0 Å². The molecule has 0 unspecified atom stereocenters. The molecule has 0 spiro atoms. The van der Waals surface area contributed by atoms with E-state index >= 15 is 0 Å². The fourth-order valence-corrected chi connectivity index (χ4v) is 15.5. The molecule has 13 aromatic rings. The molecule has 5 heterocycles. The highest BCUT2D eigenvalue weighted by molar-refractivity contribution is 7.33. The average Bonchev–Trinajstić information content (AvgIpc) is 1.28. The first-order chi connectivity index (χ1) is 41.8. The number of aromatic nitrogens is 1. The smallest absolute Gasteiger partial charge is 0.264 e. The zero-order valence-corrected chi connectivity index (χ0v) is 54.6. The molecule has 6 heteroatoms. The van der Waals surface area contributed by atoms with Gasteiger partial charge in [0, 0.05) is 64.6 Å². The molecule has 0 amide bonds. The van der Waals surface area contributed by atoms with E-state index in [1.165, 1.54) is 103 Å². The number of anilines is 6. The number of benzene rings is 10. The lowest BCUT2D eigenvalue weighted by Gasteiger charge is -2.44. The van der Waals surface area contributed by atoms with E-state index in [2.05, 4.69) is 318 Å². The van der Waals surface area contributed by atoms with E-state index < -0.39 is 0 Å². The Kier molecular flexibility index (Phi) is 12.4. The number of furan rings is 1. The number of para-hydroxylation sites is 3. The van der Waals surface area contributed by atoms with Gasteiger partial charge in [0.2, 0.25) is 0 Å². The summed E-state index contributed by atoms with van der Waals surface area (Å²) in [6.07, 6.45) is 0. The minimum absolute atomic E-state index is 0.0000139. The van der Waals surface area contributed by atoms with Crippen LogP contribution in [0, 0.1) is 0 Å². The van der Waals surface area contributed by atoms with Crippen LogP contribution in [0.4, 0.5) is 34.1 Å². The molecular weight excluding hydrogens is 1090 g/mol. The van der Waals surface area contributed by atoms with Gasteiger partial charge in [-0.05, 0) is 156 Å². The normalized spacial score (nSPS) is 13.8. The Hall–Kier alpha value is -8.58. The first-order valence-electron chi connectivity index (χ1n) is 31.6. The van der Waals surface area contributed by atoms with Crippen LogP contribution in [-0.4, -0.2) is 11.3 Å². The van der Waals surface area contributed by atoms with Crippen LogP contribution in [0.3, 0.4) is 0 Å². The topological polar surface area (TPSA) is 24.6 Å². The van der Waals surface area contributed by atoms with Crippen molar-refractivity contribution in [1.82, 2.24) is 4.57 Å². The van der Waals surface area contributed by atoms with Gasteiger partial charge in [0.05, 0.1) is 33.8 Å². The maximum atomic E-state index is 7.51. The lowest BCUT2D eigenvalue weighted by Crippen LogP contribution is -2.60. The summed E-state index contributed by atoms with van der Waals surface area (Å²) in [5.41, 5.74) is 25.6. The molecule has 2 aliphatic heterocycles. The van der Waals surface area contributed by atoms with Crippen LogP contribution in [0.5, 0.6) is 0 Å². The summed E-state index contributed by atoms with van der Waals surface area (Å²) in [4.78, 5) is 5.32. The van der Waals surface area contributed by atoms with Crippen molar-refractivity contribution in [2.24, 2.45) is 0 Å². The molecular formula is C82H78BN3OS. The van der Waals surface area contributed by atoms with E-state index in [9.17, 15) is 0 Å². The lowest BCUT2D eigenvalue weighted by molar-refractivity contribution is 0.589. The monoisotopic (exact) mass is 1160 g/mol. The number of nitrogens with zero attached hydrogens (tertiary/aromatic N) is 3. The van der Waals surface area contributed by atoms with Gasteiger partial charge < -0.3 is 18.8 Å². The highest BCUT2D eigenvalue weighted by atomic mass is 32.1. The van der Waals surface area contributed by atoms with Gasteiger partial charge in [0.15, 0.2) is 5.58 Å². The van der Waals surface area contributed by atoms with Gasteiger partial charge in [-0.1, -0.05) is 225 Å². The summed E-state index contributed by atoms with van der Waals surface area (Å²) in [6, 6.07) is 77.1. The van der Waals surface area contributed by atoms with Gasteiger partial charge in [-0.3, -0.25) is 0 Å². The van der Waals surface area contributed by atoms with Gasteiger partial charge in [-0.25, -0.2) is 0 Å². The molecule has 0 aliphatic carbocycles. The van der Waals surface area contributed by atoms with Crippen molar-refractivity contribution in [2.45, 2.75) is 131 Å². The van der Waals surface area contributed by atoms with Crippen LogP contribution < -0.4 is 25.5 Å². The molecule has 0 saturated carbocycles. The predicted octanol–water partition coefficient (Wildman–Crippen LogP) is 21.8. The number of hydrogen-bond acceptors (Lipinski definition) is 4. The summed E-state index contributed by atoms with van der Waals surface area (Å²) in [5.74, 6) is 0. The molecule has 0 radical (unpaired) electrons. The van der Waals surface area contributed by atoms with Gasteiger partial charge in [0.1, 0.15) is 5.58 Å². The van der Waals surface area contributed by atoms with E-state index in [1.54, 1.807) is 0 Å². The Balaban J connectivity index is 1.12. The van der Waals surface area contributed by atoms with Gasteiger partial charge in [-0.15, -0.1) is 11.3 Å². The Morgan fingerprint density at radius 2 is 0.818 bits per heavy atom. The molecule has 3 aromatic heterocycles. The Labute approximate surface area is 524 Å². The highest BCUT2D eigenvalue weighted by Gasteiger charge is 2.48. The van der Waals surface area contributed by atoms with Crippen molar-refractivity contribution in [2.75, 3.05) is 9.80 Å². The van der Waals surface area contributed by atoms with Crippen molar-refractivity contribution >= 4 is 122 Å². The minimum Gasteiger partial charge on any atom is -0.454 e. The number of hydrogen-bond donors (Lipinski definition) is 0. The number of fused-ring (bicyclic) bond motifs is 13. The predicted molar refractivity (Wildman–Crippen MR) is 382 cm³/mol. The standard InChI is InChI=1S/C82H78BN3OS/c1-78(2,3)51-32-28-49(29-33-51)60-44-53(80(7,8)9)36-40-67(60)85-69-42-39-56(84-65-25-19-16-22-57(65)58-23-17-20-26-66(58)84)47-64(69)83-73-70(48-62-59-24-18-21-27-71(59)87-76(62)75(73)85)86(74-63-46-55(82(13,14)15)38-43-72(63)88-77(74)83)68-41-37-54(81(10,11)12)45-61(68)50-30-34-52(35-31-50)79(4,5)6/h16-48H,1-15H3. The zero-order valence-electron chi connectivity index (χ0n) is 53.8. The van der Waals surface area contributed by atoms with Crippen LogP contribution in [-0.2, 0) is 27.1 Å². The number of rotatable bonds is 5. The van der Waals surface area contributed by atoms with Crippen LogP contribution in [0.25, 0.3) is 81.8 Å². The van der Waals surface area contributed by atoms with E-state index in [0.29, 0.717) is 0 Å². The third kappa shape index (κ3) is 8.82. The summed E-state index contributed by atoms with van der Waals surface area (Å²) < 4.78 is 12.6. The maximum absolute atomic E-state index is 7.51. The summed E-state index contributed by atoms with van der Waals surface area (Å²) in [6.45, 7) is 34.7. The summed E-state index contributed by atoms with van der Waals surface area (Å²) >= 11 is 1.96. The first kappa shape index (κ1) is 56.0. The molecule has 88 heavy (non-hydrogen) atoms. The van der Waals surface area contributed by atoms with Crippen molar-refractivity contribution in [3.8, 4) is 27.9 Å². The van der Waals surface area contributed by atoms with Crippen molar-refractivity contribution in [1.29, 1.82) is 0 Å². The van der Waals surface area contributed by atoms with E-state index in [0.717, 1.165) is 56.1 Å². The number of thiophene rings is 1. The van der Waals surface area contributed by atoms with Gasteiger partial charge in [-0.2, -0.15) is 0 Å². The Morgan fingerprint density at radius 1 is 0.364 bits per heavy atom. The zero-order chi connectivity index (χ0) is 61.3. The molecule has 0 bridgehead atoms. The van der Waals surface area contributed by atoms with Crippen LogP contribution in [0.2, 0.25) is 0 Å². The molecule has 10 aromatic carbocycles. The lowest BCUT2D eigenvalue weighted by atomic mass is 9.36. The van der Waals surface area contributed by atoms with Crippen LogP contribution >= 0.6 is 11.3 Å². The van der Waals surface area contributed by atoms with Gasteiger partial charge >= 0.3 is 0 Å².